The Balaban J connectivity index is 0.000000278. The molecule has 2 aliphatic carbocycles. The molecule has 8 N–H and O–H groups in total. The molecule has 1 amide bonds. The molecular weight excluding hydrogens is 912 g/mol. The Morgan fingerprint density at radius 1 is 0.789 bits per heavy atom. The van der Waals surface area contributed by atoms with Gasteiger partial charge in [0.15, 0.2) is 0 Å². The van der Waals surface area contributed by atoms with Gasteiger partial charge in [-0.25, -0.2) is 4.39 Å². The Hall–Kier alpha value is -5.97. The zero-order valence-electron chi connectivity index (χ0n) is 41.2. The van der Waals surface area contributed by atoms with Gasteiger partial charge in [-0.1, -0.05) is 101 Å². The van der Waals surface area contributed by atoms with E-state index in [4.69, 9.17) is 14.9 Å². The van der Waals surface area contributed by atoms with Crippen LogP contribution >= 0.6 is 0 Å². The number of amides is 1. The van der Waals surface area contributed by atoms with Crippen molar-refractivity contribution in [2.24, 2.45) is 23.7 Å². The van der Waals surface area contributed by atoms with Crippen molar-refractivity contribution < 1.29 is 64.1 Å². The number of carboxylic acid groups (broad SMARTS) is 2. The van der Waals surface area contributed by atoms with E-state index in [2.05, 4.69) is 18.3 Å². The first-order valence-electron chi connectivity index (χ1n) is 24.7. The smallest absolute Gasteiger partial charge is 0.308 e. The summed E-state index contributed by atoms with van der Waals surface area (Å²) in [5.41, 5.74) is 5.73. The summed E-state index contributed by atoms with van der Waals surface area (Å²) >= 11 is 0. The summed E-state index contributed by atoms with van der Waals surface area (Å²) in [4.78, 5) is 48.2. The van der Waals surface area contributed by atoms with Gasteiger partial charge in [-0.3, -0.25) is 19.2 Å². The van der Waals surface area contributed by atoms with E-state index in [0.29, 0.717) is 53.8 Å². The molecule has 1 aromatic heterocycles. The molecule has 15 heteroatoms. The van der Waals surface area contributed by atoms with Gasteiger partial charge < -0.3 is 50.4 Å². The number of esters is 1. The summed E-state index contributed by atoms with van der Waals surface area (Å²) < 4.78 is 21.8. The topological polar surface area (TPSA) is 236 Å². The highest BCUT2D eigenvalue weighted by molar-refractivity contribution is 6.12. The van der Waals surface area contributed by atoms with Gasteiger partial charge in [-0.05, 0) is 109 Å². The van der Waals surface area contributed by atoms with Gasteiger partial charge in [0.2, 0.25) is 0 Å². The van der Waals surface area contributed by atoms with Crippen LogP contribution in [0.25, 0.3) is 22.4 Å². The predicted molar refractivity (Wildman–Crippen MR) is 269 cm³/mol. The van der Waals surface area contributed by atoms with E-state index in [0.717, 1.165) is 16.8 Å². The quantitative estimate of drug-likeness (QED) is 0.0345. The van der Waals surface area contributed by atoms with Crippen molar-refractivity contribution >= 4 is 29.5 Å². The Morgan fingerprint density at radius 2 is 1.37 bits per heavy atom. The van der Waals surface area contributed by atoms with Crippen LogP contribution in [-0.2, 0) is 25.7 Å². The molecule has 384 valence electrons. The van der Waals surface area contributed by atoms with Crippen LogP contribution in [0.1, 0.15) is 114 Å². The number of fused-ring (bicyclic) bond motifs is 1. The monoisotopic (exact) mass is 982 g/mol. The van der Waals surface area contributed by atoms with E-state index in [1.807, 2.05) is 105 Å². The third kappa shape index (κ3) is 15.8. The van der Waals surface area contributed by atoms with Crippen molar-refractivity contribution in [2.75, 3.05) is 5.32 Å². The maximum atomic E-state index is 14.0. The number of aliphatic carboxylic acids is 2. The van der Waals surface area contributed by atoms with Crippen LogP contribution in [0.4, 0.5) is 10.1 Å². The third-order valence-corrected chi connectivity index (χ3v) is 13.4. The van der Waals surface area contributed by atoms with E-state index < -0.39 is 55.0 Å². The van der Waals surface area contributed by atoms with E-state index >= 15 is 0 Å². The molecule has 0 spiro atoms. The summed E-state index contributed by atoms with van der Waals surface area (Å²) in [5.74, 6) is -3.24. The fourth-order valence-electron chi connectivity index (χ4n) is 9.72. The zero-order valence-corrected chi connectivity index (χ0v) is 41.2. The highest BCUT2D eigenvalue weighted by Crippen LogP contribution is 2.45. The molecule has 71 heavy (non-hydrogen) atoms. The molecule has 0 unspecified atom stereocenters. The molecule has 3 aromatic carbocycles. The van der Waals surface area contributed by atoms with Gasteiger partial charge in [0.05, 0.1) is 60.5 Å². The Labute approximate surface area is 415 Å². The van der Waals surface area contributed by atoms with Crippen molar-refractivity contribution in [3.8, 4) is 22.4 Å². The van der Waals surface area contributed by atoms with Crippen molar-refractivity contribution in [1.29, 1.82) is 0 Å². The van der Waals surface area contributed by atoms with Crippen molar-refractivity contribution in [2.45, 2.75) is 141 Å². The number of carbonyl (C=O) groups is 4. The fourth-order valence-corrected chi connectivity index (χ4v) is 9.72. The normalized spacial score (nSPS) is 20.6. The zero-order chi connectivity index (χ0) is 51.9. The number of allylic oxidation sites excluding steroid dienone is 2. The molecule has 6 rings (SSSR count). The average Bonchev–Trinajstić information content (AvgIpc) is 3.66. The minimum Gasteiger partial charge on any atom is -0.481 e. The molecule has 0 saturated carbocycles. The van der Waals surface area contributed by atoms with Crippen LogP contribution < -0.4 is 5.32 Å². The largest absolute Gasteiger partial charge is 0.481 e. The lowest BCUT2D eigenvalue weighted by atomic mass is 9.66. The Kier molecular flexibility index (Phi) is 20.9. The molecule has 0 radical (unpaired) electrons. The van der Waals surface area contributed by atoms with Gasteiger partial charge in [-0.15, -0.1) is 0 Å². The maximum Gasteiger partial charge on any atom is 0.308 e. The third-order valence-electron chi connectivity index (χ3n) is 13.4. The number of aliphatic hydroxyl groups is 5. The van der Waals surface area contributed by atoms with Crippen LogP contribution in [0, 0.1) is 29.5 Å². The van der Waals surface area contributed by atoms with Crippen LogP contribution in [0.2, 0.25) is 0 Å². The molecule has 2 aliphatic rings. The highest BCUT2D eigenvalue weighted by atomic mass is 19.1. The Bertz CT molecular complexity index is 2440. The first kappa shape index (κ1) is 56.0. The minimum absolute atomic E-state index is 0.0156. The second kappa shape index (κ2) is 26.5. The molecule has 14 nitrogen and oxygen atoms in total. The second-order valence-corrected chi connectivity index (χ2v) is 19.3. The van der Waals surface area contributed by atoms with Crippen molar-refractivity contribution in [1.82, 2.24) is 4.57 Å². The number of anilines is 1. The first-order chi connectivity index (χ1) is 33.8. The number of aliphatic hydroxyl groups excluding tert-OH is 5. The lowest BCUT2D eigenvalue weighted by Gasteiger charge is -2.43. The first-order valence-corrected chi connectivity index (χ1v) is 24.7. The van der Waals surface area contributed by atoms with Crippen LogP contribution in [0.5, 0.6) is 0 Å². The van der Waals surface area contributed by atoms with E-state index in [9.17, 15) is 49.1 Å². The lowest BCUT2D eigenvalue weighted by molar-refractivity contribution is -0.159. The highest BCUT2D eigenvalue weighted by Gasteiger charge is 2.42. The lowest BCUT2D eigenvalue weighted by Crippen LogP contribution is -2.43. The maximum absolute atomic E-state index is 14.0. The van der Waals surface area contributed by atoms with E-state index in [1.165, 1.54) is 12.1 Å². The number of carboxylic acids is 2. The van der Waals surface area contributed by atoms with Crippen molar-refractivity contribution in [3.05, 3.63) is 126 Å². The molecule has 10 atom stereocenters. The number of hydrogen-bond donors (Lipinski definition) is 8. The predicted octanol–water partition coefficient (Wildman–Crippen LogP) is 8.75. The number of nitrogens with zero attached hydrogens (tertiary/aromatic N) is 1. The molecule has 0 bridgehead atoms. The fraction of sp³-hybridized carbons (Fsp3) is 0.464. The van der Waals surface area contributed by atoms with Crippen LogP contribution in [-0.4, -0.2) is 101 Å². The van der Waals surface area contributed by atoms with Gasteiger partial charge >= 0.3 is 17.9 Å². The van der Waals surface area contributed by atoms with Gasteiger partial charge in [-0.2, -0.15) is 0 Å². The minimum atomic E-state index is -1.18. The number of nitrogens with one attached hydrogen (secondary N) is 1. The van der Waals surface area contributed by atoms with Crippen LogP contribution in [0.15, 0.2) is 109 Å². The molecule has 0 aliphatic heterocycles. The number of benzene rings is 3. The summed E-state index contributed by atoms with van der Waals surface area (Å²) in [6, 6.07) is 24.8. The number of carbonyl (C=O) groups excluding carboxylic acids is 2. The molecule has 1 heterocycles. The standard InChI is InChI=1S/C33H35FN2O5.C23H36O7/c1-21(2)31-30(33(41)35-25-11-7-4-8-12-25)29(22-9-5-3-6-10-22)32(23-13-15-24(34)16-14-23)36(31)18-17-26(37)19-27(38)20-28(39)40;1-4-13(2)23(29)30-20-11-17(25)9-15-6-5-14(3)19(22(15)20)8-7-16(24)10-18(26)12-21(27)28/h3-16,21,26-27,37-38H,17-20H2,1-2H3,(H,35,41)(H,39,40);5-6,9,13-14,16-20,22,24-26H,4,7-8,10-12H2,1-3H3,(H,27,28)/t26-,27-;13-,14-,16+,17+,18+,19-,20-,22-/m10/s1. The molecule has 0 fully saturated rings. The summed E-state index contributed by atoms with van der Waals surface area (Å²) in [6.07, 6.45) is 2.13. The number of aromatic nitrogens is 1. The van der Waals surface area contributed by atoms with E-state index in [1.54, 1.807) is 12.1 Å². The number of halogens is 1. The number of hydrogen-bond acceptors (Lipinski definition) is 10. The molecule has 4 aromatic rings. The summed E-state index contributed by atoms with van der Waals surface area (Å²) in [5, 5.41) is 71.8. The van der Waals surface area contributed by atoms with Crippen LogP contribution in [0.3, 0.4) is 0 Å². The Morgan fingerprint density at radius 3 is 1.93 bits per heavy atom. The van der Waals surface area contributed by atoms with Gasteiger partial charge in [0.1, 0.15) is 11.9 Å². The average molecular weight is 983 g/mol. The number of rotatable bonds is 22. The second-order valence-electron chi connectivity index (χ2n) is 19.3. The van der Waals surface area contributed by atoms with Gasteiger partial charge in [0.25, 0.3) is 5.91 Å². The molecule has 0 saturated heterocycles. The number of ether oxygens (including phenoxy) is 1. The van der Waals surface area contributed by atoms with Crippen molar-refractivity contribution in [3.63, 3.8) is 0 Å². The molecular formula is C56H71FN2O12. The summed E-state index contributed by atoms with van der Waals surface area (Å²) in [6.45, 7) is 10.1. The number of para-hydroxylation sites is 1. The SMILES string of the molecule is CC(C)c1c(C(=O)Nc2ccccc2)c(-c2ccccc2)c(-c2ccc(F)cc2)n1CC[C@@H](O)C[C@@H](O)CC(=O)O.CC[C@H](C)C(=O)O[C@H]1C[C@H](O)C=C2C=C[C@H](C)[C@H](CC[C@@H](O)C[C@@H](O)CC(=O)O)[C@H]21. The van der Waals surface area contributed by atoms with E-state index in [-0.39, 0.29) is 79.5 Å². The van der Waals surface area contributed by atoms with Gasteiger partial charge in [0, 0.05) is 35.8 Å². The summed E-state index contributed by atoms with van der Waals surface area (Å²) in [7, 11) is 0.